The van der Waals surface area contributed by atoms with Crippen LogP contribution in [0.4, 0.5) is 0 Å². The smallest absolute Gasteiger partial charge is 0.252 e. The van der Waals surface area contributed by atoms with Crippen LogP contribution in [0.15, 0.2) is 24.5 Å². The molecule has 0 aliphatic rings. The predicted molar refractivity (Wildman–Crippen MR) is 61.2 cm³/mol. The first-order valence-corrected chi connectivity index (χ1v) is 5.47. The lowest BCUT2D eigenvalue weighted by Crippen LogP contribution is -2.31. The number of amides is 1. The normalized spacial score (nSPS) is 12.1. The van der Waals surface area contributed by atoms with E-state index >= 15 is 0 Å². The zero-order valence-corrected chi connectivity index (χ0v) is 10.0. The maximum Gasteiger partial charge on any atom is 0.252 e. The van der Waals surface area contributed by atoms with Gasteiger partial charge in [-0.25, -0.2) is 0 Å². The first kappa shape index (κ1) is 12.1. The van der Waals surface area contributed by atoms with E-state index < -0.39 is 0 Å². The number of methoxy groups -OCH3 is 1. The van der Waals surface area contributed by atoms with Crippen molar-refractivity contribution in [3.8, 4) is 0 Å². The highest BCUT2D eigenvalue weighted by atomic mass is 79.9. The van der Waals surface area contributed by atoms with Gasteiger partial charge in [0.25, 0.3) is 5.91 Å². The summed E-state index contributed by atoms with van der Waals surface area (Å²) in [6.45, 7) is 1.09. The Kier molecular flexibility index (Phi) is 5.28. The van der Waals surface area contributed by atoms with Crippen LogP contribution in [0.25, 0.3) is 0 Å². The molecule has 1 heterocycles. The number of hydrogen-bond acceptors (Lipinski definition) is 3. The Balaban J connectivity index is 2.37. The van der Waals surface area contributed by atoms with E-state index in [1.807, 2.05) is 0 Å². The van der Waals surface area contributed by atoms with Crippen LogP contribution in [0.2, 0.25) is 0 Å². The summed E-state index contributed by atoms with van der Waals surface area (Å²) in [7, 11) is 1.62. The molecule has 0 aliphatic heterocycles. The zero-order valence-electron chi connectivity index (χ0n) is 8.44. The molecule has 0 bridgehead atoms. The quantitative estimate of drug-likeness (QED) is 0.821. The lowest BCUT2D eigenvalue weighted by atomic mass is 10.2. The summed E-state index contributed by atoms with van der Waals surface area (Å²) in [6.07, 6.45) is 3.17. The van der Waals surface area contributed by atoms with Gasteiger partial charge in [-0.15, -0.1) is 0 Å². The molecule has 1 amide bonds. The summed E-state index contributed by atoms with van der Waals surface area (Å²) in [4.78, 5) is 15.5. The van der Waals surface area contributed by atoms with Crippen molar-refractivity contribution in [2.24, 2.45) is 0 Å². The van der Waals surface area contributed by atoms with Gasteiger partial charge in [0.15, 0.2) is 0 Å². The van der Waals surface area contributed by atoms with Gasteiger partial charge in [0.1, 0.15) is 0 Å². The number of carbonyl (C=O) groups excluding carboxylic acids is 1. The second-order valence-electron chi connectivity index (χ2n) is 3.00. The van der Waals surface area contributed by atoms with Crippen LogP contribution in [0, 0.1) is 0 Å². The fourth-order valence-corrected chi connectivity index (χ4v) is 1.47. The van der Waals surface area contributed by atoms with Crippen molar-refractivity contribution in [1.29, 1.82) is 0 Å². The number of nitrogens with one attached hydrogen (secondary N) is 1. The molecule has 4 nitrogen and oxygen atoms in total. The molecule has 15 heavy (non-hydrogen) atoms. The Hall–Kier alpha value is -0.940. The SMILES string of the molecule is COCC(Br)CNC(=O)c1cccnc1. The standard InChI is InChI=1S/C10H13BrN2O2/c1-15-7-9(11)6-13-10(14)8-3-2-4-12-5-8/h2-5,9H,6-7H2,1H3,(H,13,14). The molecule has 1 atom stereocenters. The van der Waals surface area contributed by atoms with Gasteiger partial charge < -0.3 is 10.1 Å². The van der Waals surface area contributed by atoms with Crippen molar-refractivity contribution < 1.29 is 9.53 Å². The van der Waals surface area contributed by atoms with E-state index in [9.17, 15) is 4.79 Å². The maximum absolute atomic E-state index is 11.5. The Morgan fingerprint density at radius 1 is 1.73 bits per heavy atom. The van der Waals surface area contributed by atoms with Crippen LogP contribution < -0.4 is 5.32 Å². The number of alkyl halides is 1. The predicted octanol–water partition coefficient (Wildman–Crippen LogP) is 1.22. The maximum atomic E-state index is 11.5. The average Bonchev–Trinajstić information content (AvgIpc) is 2.27. The van der Waals surface area contributed by atoms with Crippen molar-refractivity contribution in [2.75, 3.05) is 20.3 Å². The van der Waals surface area contributed by atoms with Gasteiger partial charge in [0.05, 0.1) is 17.0 Å². The molecule has 0 spiro atoms. The van der Waals surface area contributed by atoms with Crippen molar-refractivity contribution in [2.45, 2.75) is 4.83 Å². The lowest BCUT2D eigenvalue weighted by molar-refractivity contribution is 0.0949. The summed E-state index contributed by atoms with van der Waals surface area (Å²) in [5.41, 5.74) is 0.564. The monoisotopic (exact) mass is 272 g/mol. The van der Waals surface area contributed by atoms with Gasteiger partial charge >= 0.3 is 0 Å². The minimum atomic E-state index is -0.122. The highest BCUT2D eigenvalue weighted by Crippen LogP contribution is 1.99. The molecule has 1 rings (SSSR count). The summed E-state index contributed by atoms with van der Waals surface area (Å²) in [6, 6.07) is 3.46. The Morgan fingerprint density at radius 3 is 3.13 bits per heavy atom. The fraction of sp³-hybridized carbons (Fsp3) is 0.400. The molecule has 0 radical (unpaired) electrons. The van der Waals surface area contributed by atoms with Crippen LogP contribution in [0.1, 0.15) is 10.4 Å². The minimum absolute atomic E-state index is 0.122. The molecule has 1 unspecified atom stereocenters. The van der Waals surface area contributed by atoms with Crippen LogP contribution in [-0.4, -0.2) is 36.0 Å². The number of hydrogen-bond donors (Lipinski definition) is 1. The fourth-order valence-electron chi connectivity index (χ4n) is 1.04. The van der Waals surface area contributed by atoms with E-state index in [0.717, 1.165) is 0 Å². The van der Waals surface area contributed by atoms with E-state index in [1.54, 1.807) is 25.4 Å². The van der Waals surface area contributed by atoms with Crippen LogP contribution in [-0.2, 0) is 4.74 Å². The Bertz CT molecular complexity index is 306. The van der Waals surface area contributed by atoms with Crippen molar-refractivity contribution in [1.82, 2.24) is 10.3 Å². The van der Waals surface area contributed by atoms with Gasteiger partial charge in [0.2, 0.25) is 0 Å². The molecule has 1 aromatic heterocycles. The zero-order chi connectivity index (χ0) is 11.1. The Morgan fingerprint density at radius 2 is 2.53 bits per heavy atom. The number of aromatic nitrogens is 1. The second-order valence-corrected chi connectivity index (χ2v) is 4.30. The minimum Gasteiger partial charge on any atom is -0.383 e. The third kappa shape index (κ3) is 4.40. The van der Waals surface area contributed by atoms with Gasteiger partial charge in [-0.2, -0.15) is 0 Å². The summed E-state index contributed by atoms with van der Waals surface area (Å²) in [5, 5.41) is 2.78. The number of pyridine rings is 1. The number of ether oxygens (including phenoxy) is 1. The largest absolute Gasteiger partial charge is 0.383 e. The van der Waals surface area contributed by atoms with E-state index in [-0.39, 0.29) is 10.7 Å². The number of halogens is 1. The van der Waals surface area contributed by atoms with E-state index in [4.69, 9.17) is 4.74 Å². The van der Waals surface area contributed by atoms with E-state index in [2.05, 4.69) is 26.2 Å². The first-order valence-electron chi connectivity index (χ1n) is 4.55. The average molecular weight is 273 g/mol. The number of rotatable bonds is 5. The van der Waals surface area contributed by atoms with Gasteiger partial charge in [-0.3, -0.25) is 9.78 Å². The van der Waals surface area contributed by atoms with E-state index in [1.165, 1.54) is 6.20 Å². The summed E-state index contributed by atoms with van der Waals surface area (Å²) >= 11 is 3.38. The molecule has 1 N–H and O–H groups in total. The van der Waals surface area contributed by atoms with Gasteiger partial charge in [-0.05, 0) is 12.1 Å². The molecular weight excluding hydrogens is 260 g/mol. The van der Waals surface area contributed by atoms with Crippen molar-refractivity contribution >= 4 is 21.8 Å². The second kappa shape index (κ2) is 6.53. The third-order valence-corrected chi connectivity index (χ3v) is 2.34. The van der Waals surface area contributed by atoms with Gasteiger partial charge in [0, 0.05) is 26.0 Å². The highest BCUT2D eigenvalue weighted by Gasteiger charge is 2.08. The van der Waals surface area contributed by atoms with Crippen molar-refractivity contribution in [3.05, 3.63) is 30.1 Å². The molecule has 0 saturated heterocycles. The first-order chi connectivity index (χ1) is 7.24. The Labute approximate surface area is 97.2 Å². The number of nitrogens with zero attached hydrogens (tertiary/aromatic N) is 1. The van der Waals surface area contributed by atoms with Gasteiger partial charge in [-0.1, -0.05) is 15.9 Å². The molecule has 0 saturated carbocycles. The molecular formula is C10H13BrN2O2. The number of carbonyl (C=O) groups is 1. The summed E-state index contributed by atoms with van der Waals surface area (Å²) in [5.74, 6) is -0.122. The lowest BCUT2D eigenvalue weighted by Gasteiger charge is -2.09. The molecule has 82 valence electrons. The molecule has 0 aromatic carbocycles. The van der Waals surface area contributed by atoms with Crippen LogP contribution in [0.5, 0.6) is 0 Å². The van der Waals surface area contributed by atoms with E-state index in [0.29, 0.717) is 18.7 Å². The molecule has 5 heteroatoms. The molecule has 0 fully saturated rings. The van der Waals surface area contributed by atoms with Crippen molar-refractivity contribution in [3.63, 3.8) is 0 Å². The summed E-state index contributed by atoms with van der Waals surface area (Å²) < 4.78 is 4.93. The molecule has 0 aliphatic carbocycles. The molecule has 1 aromatic rings. The van der Waals surface area contributed by atoms with Crippen LogP contribution in [0.3, 0.4) is 0 Å². The topological polar surface area (TPSA) is 51.2 Å². The highest BCUT2D eigenvalue weighted by molar-refractivity contribution is 9.09. The van der Waals surface area contributed by atoms with Crippen LogP contribution >= 0.6 is 15.9 Å². The third-order valence-electron chi connectivity index (χ3n) is 1.76.